The van der Waals surface area contributed by atoms with Crippen molar-refractivity contribution in [2.24, 2.45) is 0 Å². The highest BCUT2D eigenvalue weighted by atomic mass is 31.2. The quantitative estimate of drug-likeness (QED) is 0.0642. The van der Waals surface area contributed by atoms with Gasteiger partial charge in [0.2, 0.25) is 0 Å². The van der Waals surface area contributed by atoms with Gasteiger partial charge in [-0.05, 0) is 123 Å². The fourth-order valence-corrected chi connectivity index (χ4v) is 11.7. The minimum absolute atomic E-state index is 0.00396. The van der Waals surface area contributed by atoms with Crippen LogP contribution in [0.1, 0.15) is 169 Å². The molecule has 0 radical (unpaired) electrons. The van der Waals surface area contributed by atoms with E-state index in [0.29, 0.717) is 56.6 Å². The third-order valence-corrected chi connectivity index (χ3v) is 15.2. The van der Waals surface area contributed by atoms with Gasteiger partial charge in [0.25, 0.3) is 0 Å². The second-order valence-electron chi connectivity index (χ2n) is 18.4. The summed E-state index contributed by atoms with van der Waals surface area (Å²) in [4.78, 5) is 13.5. The highest BCUT2D eigenvalue weighted by molar-refractivity contribution is 7.43. The summed E-state index contributed by atoms with van der Waals surface area (Å²) in [6, 6.07) is 21.6. The summed E-state index contributed by atoms with van der Waals surface area (Å²) in [6.07, 6.45) is 7.38. The number of hydrogen-bond donors (Lipinski definition) is 0. The second kappa shape index (κ2) is 22.9. The molecule has 69 heavy (non-hydrogen) atoms. The molecule has 5 unspecified atom stereocenters. The molecular formula is C56H70O11P2. The van der Waals surface area contributed by atoms with Crippen molar-refractivity contribution in [1.29, 1.82) is 0 Å². The molecule has 0 aliphatic carbocycles. The van der Waals surface area contributed by atoms with Crippen molar-refractivity contribution >= 4 is 44.8 Å². The van der Waals surface area contributed by atoms with E-state index in [4.69, 9.17) is 45.4 Å². The summed E-state index contributed by atoms with van der Waals surface area (Å²) in [5, 5.41) is 1.68. The summed E-state index contributed by atoms with van der Waals surface area (Å²) in [5.74, 6) is 3.86. The van der Waals surface area contributed by atoms with E-state index in [2.05, 4.69) is 67.5 Å². The molecule has 0 amide bonds. The summed E-state index contributed by atoms with van der Waals surface area (Å²) in [5.41, 5.74) is 7.71. The van der Waals surface area contributed by atoms with Crippen LogP contribution in [-0.4, -0.2) is 34.4 Å². The SMILES string of the molecule is CCCC(C)c1cc(OC)cc(-c2cc(OC)cc(C(C)CCC)c2Op2oc3c(C(C)CCC)cc(OC)cc3c3cc(OC)cc(C(C)CCC)c3o2)c1OP1OC(=O)c2ccc(C)cc2O1. The maximum Gasteiger partial charge on any atom is 0.532 e. The molecule has 5 aromatic carbocycles. The Morgan fingerprint density at radius 1 is 0.493 bits per heavy atom. The predicted molar refractivity (Wildman–Crippen MR) is 278 cm³/mol. The minimum atomic E-state index is -2.25. The number of fused-ring (bicyclic) bond motifs is 4. The van der Waals surface area contributed by atoms with Crippen molar-refractivity contribution < 1.29 is 50.2 Å². The van der Waals surface area contributed by atoms with Crippen LogP contribution in [-0.2, 0) is 4.52 Å². The molecular weight excluding hydrogens is 911 g/mol. The molecule has 1 aromatic heterocycles. The Hall–Kier alpha value is -5.50. The minimum Gasteiger partial charge on any atom is -0.497 e. The fourth-order valence-electron chi connectivity index (χ4n) is 9.47. The molecule has 0 saturated carbocycles. The van der Waals surface area contributed by atoms with Crippen LogP contribution in [0.5, 0.6) is 40.2 Å². The molecule has 5 atom stereocenters. The summed E-state index contributed by atoms with van der Waals surface area (Å²) in [7, 11) is 2.24. The number of carbonyl (C=O) groups is 1. The molecule has 13 heteroatoms. The van der Waals surface area contributed by atoms with Crippen LogP contribution in [0.25, 0.3) is 33.1 Å². The van der Waals surface area contributed by atoms with Crippen molar-refractivity contribution in [2.75, 3.05) is 28.4 Å². The first kappa shape index (κ1) is 51.4. The van der Waals surface area contributed by atoms with E-state index in [1.54, 1.807) is 34.5 Å². The van der Waals surface area contributed by atoms with Gasteiger partial charge < -0.3 is 45.4 Å². The number of aryl methyl sites for hydroxylation is 1. The van der Waals surface area contributed by atoms with Crippen molar-refractivity contribution in [2.45, 2.75) is 137 Å². The van der Waals surface area contributed by atoms with E-state index in [9.17, 15) is 4.79 Å². The molecule has 0 bridgehead atoms. The number of benzene rings is 5. The Kier molecular flexibility index (Phi) is 17.1. The Labute approximate surface area is 410 Å². The van der Waals surface area contributed by atoms with Crippen molar-refractivity contribution in [3.05, 3.63) is 100 Å². The monoisotopic (exact) mass is 980 g/mol. The van der Waals surface area contributed by atoms with E-state index in [1.165, 1.54) is 0 Å². The first-order valence-corrected chi connectivity index (χ1v) is 26.7. The predicted octanol–water partition coefficient (Wildman–Crippen LogP) is 17.6. The molecule has 2 heterocycles. The Bertz CT molecular complexity index is 2740. The molecule has 0 spiro atoms. The van der Waals surface area contributed by atoms with Gasteiger partial charge in [-0.3, -0.25) is 0 Å². The highest BCUT2D eigenvalue weighted by Crippen LogP contribution is 2.56. The summed E-state index contributed by atoms with van der Waals surface area (Å²) < 4.78 is 65.4. The zero-order chi connectivity index (χ0) is 49.5. The lowest BCUT2D eigenvalue weighted by Crippen LogP contribution is -2.15. The van der Waals surface area contributed by atoms with Crippen molar-refractivity contribution in [3.8, 4) is 51.4 Å². The topological polar surface area (TPSA) is 117 Å². The largest absolute Gasteiger partial charge is 0.532 e. The first-order valence-electron chi connectivity index (χ1n) is 24.5. The lowest BCUT2D eigenvalue weighted by molar-refractivity contribution is 0.0697. The molecule has 11 nitrogen and oxygen atoms in total. The van der Waals surface area contributed by atoms with Crippen LogP contribution >= 0.6 is 16.8 Å². The van der Waals surface area contributed by atoms with Gasteiger partial charge in [-0.2, -0.15) is 0 Å². The molecule has 7 rings (SSSR count). The molecule has 6 aromatic rings. The van der Waals surface area contributed by atoms with E-state index in [1.807, 2.05) is 55.5 Å². The second-order valence-corrected chi connectivity index (χ2v) is 20.4. The number of hydrogen-bond acceptors (Lipinski definition) is 11. The molecule has 0 saturated heterocycles. The Morgan fingerprint density at radius 2 is 0.899 bits per heavy atom. The lowest BCUT2D eigenvalue weighted by Gasteiger charge is -2.27. The van der Waals surface area contributed by atoms with Crippen LogP contribution in [0.4, 0.5) is 0 Å². The number of rotatable bonds is 21. The normalized spacial score (nSPS) is 15.3. The zero-order valence-corrected chi connectivity index (χ0v) is 44.5. The average Bonchev–Trinajstić information content (AvgIpc) is 3.49. The maximum absolute atomic E-state index is 13.5. The summed E-state index contributed by atoms with van der Waals surface area (Å²) >= 11 is 0. The molecule has 1 aliphatic rings. The van der Waals surface area contributed by atoms with Crippen LogP contribution in [0.2, 0.25) is 0 Å². The molecule has 1 aliphatic heterocycles. The first-order chi connectivity index (χ1) is 33.3. The van der Waals surface area contributed by atoms with Crippen LogP contribution < -0.4 is 32.5 Å². The number of carbonyl (C=O) groups excluding carboxylic acids is 1. The van der Waals surface area contributed by atoms with E-state index >= 15 is 0 Å². The van der Waals surface area contributed by atoms with E-state index < -0.39 is 22.8 Å². The standard InChI is InChI=1S/C56H70O11P2/c1-14-18-34(6)43-25-38(58-10)29-47(52(43)63-68-62-51-24-33(5)22-23-42(51)56(57)67-68)48-30-39(59-11)26-44(35(7)19-15-2)53(48)64-69-65-54-45(36(8)20-16-3)27-40(60-12)31-49(54)50-32-41(61-13)28-46(55(50)66-69)37(9)21-17-4/h22-32,34-37H,14-21H2,1-13H3. The zero-order valence-electron chi connectivity index (χ0n) is 42.7. The third-order valence-electron chi connectivity index (χ3n) is 13.2. The van der Waals surface area contributed by atoms with Gasteiger partial charge in [0, 0.05) is 44.2 Å². The molecule has 0 fully saturated rings. The number of ether oxygens (including phenoxy) is 4. The molecule has 0 N–H and O–H groups in total. The van der Waals surface area contributed by atoms with Gasteiger partial charge >= 0.3 is 22.8 Å². The van der Waals surface area contributed by atoms with Gasteiger partial charge in [-0.25, -0.2) is 4.79 Å². The number of methoxy groups -OCH3 is 4. The lowest BCUT2D eigenvalue weighted by atomic mass is 9.88. The van der Waals surface area contributed by atoms with Crippen LogP contribution in [0.15, 0.2) is 75.1 Å². The van der Waals surface area contributed by atoms with Crippen LogP contribution in [0.3, 0.4) is 0 Å². The molecule has 370 valence electrons. The average molecular weight is 981 g/mol. The van der Waals surface area contributed by atoms with Crippen molar-refractivity contribution in [3.63, 3.8) is 0 Å². The van der Waals surface area contributed by atoms with Gasteiger partial charge in [0.05, 0.1) is 28.4 Å². The van der Waals surface area contributed by atoms with Gasteiger partial charge in [-0.1, -0.05) is 87.1 Å². The third kappa shape index (κ3) is 11.1. The van der Waals surface area contributed by atoms with E-state index in [0.717, 1.165) is 101 Å². The van der Waals surface area contributed by atoms with Gasteiger partial charge in [0.15, 0.2) is 0 Å². The van der Waals surface area contributed by atoms with Gasteiger partial charge in [-0.15, -0.1) is 0 Å². The highest BCUT2D eigenvalue weighted by Gasteiger charge is 2.36. The van der Waals surface area contributed by atoms with Crippen molar-refractivity contribution in [1.82, 2.24) is 0 Å². The fraction of sp³-hybridized carbons (Fsp3) is 0.446. The van der Waals surface area contributed by atoms with E-state index in [-0.39, 0.29) is 23.7 Å². The van der Waals surface area contributed by atoms with Crippen LogP contribution in [0, 0.1) is 6.92 Å². The Balaban J connectivity index is 1.58. The maximum atomic E-state index is 13.5. The summed E-state index contributed by atoms with van der Waals surface area (Å²) in [6.45, 7) is 19.5. The smallest absolute Gasteiger partial charge is 0.497 e. The van der Waals surface area contributed by atoms with Gasteiger partial charge in [0.1, 0.15) is 57.0 Å². The Morgan fingerprint density at radius 3 is 1.33 bits per heavy atom.